The second kappa shape index (κ2) is 8.72. The largest absolute Gasteiger partial charge is 0.508 e. The lowest BCUT2D eigenvalue weighted by Crippen LogP contribution is -2.03. The minimum atomic E-state index is -0.153. The van der Waals surface area contributed by atoms with E-state index in [0.717, 1.165) is 11.1 Å². The Bertz CT molecular complexity index is 918. The number of ether oxygens (including phenoxy) is 2. The molecule has 0 aliphatic heterocycles. The molecule has 0 unspecified atom stereocenters. The highest BCUT2D eigenvalue weighted by molar-refractivity contribution is 5.82. The first kappa shape index (κ1) is 18.3. The molecule has 4 heteroatoms. The molecule has 136 valence electrons. The van der Waals surface area contributed by atoms with Gasteiger partial charge in [0.1, 0.15) is 30.5 Å². The third kappa shape index (κ3) is 4.76. The first-order valence-electron chi connectivity index (χ1n) is 8.52. The van der Waals surface area contributed by atoms with Crippen molar-refractivity contribution in [3.05, 3.63) is 102 Å². The Kier molecular flexibility index (Phi) is 5.90. The summed E-state index contributed by atoms with van der Waals surface area (Å²) in [5, 5.41) is 9.96. The lowest BCUT2D eigenvalue weighted by Gasteiger charge is -2.15. The maximum absolute atomic E-state index is 11.5. The number of carbonyl (C=O) groups is 1. The molecular weight excluding hydrogens is 340 g/mol. The lowest BCUT2D eigenvalue weighted by molar-refractivity contribution is 0.111. The van der Waals surface area contributed by atoms with E-state index in [9.17, 15) is 9.90 Å². The van der Waals surface area contributed by atoms with Gasteiger partial charge in [0.2, 0.25) is 0 Å². The summed E-state index contributed by atoms with van der Waals surface area (Å²) in [6, 6.07) is 22.4. The van der Waals surface area contributed by atoms with E-state index in [2.05, 4.69) is 6.58 Å². The lowest BCUT2D eigenvalue weighted by atomic mass is 10.1. The summed E-state index contributed by atoms with van der Waals surface area (Å²) >= 11 is 0. The smallest absolute Gasteiger partial charge is 0.153 e. The minimum absolute atomic E-state index is 0.153. The van der Waals surface area contributed by atoms with Gasteiger partial charge in [-0.25, -0.2) is 0 Å². The van der Waals surface area contributed by atoms with Gasteiger partial charge in [-0.15, -0.1) is 0 Å². The highest BCUT2D eigenvalue weighted by atomic mass is 16.5. The minimum Gasteiger partial charge on any atom is -0.508 e. The van der Waals surface area contributed by atoms with E-state index in [1.54, 1.807) is 12.1 Å². The van der Waals surface area contributed by atoms with Gasteiger partial charge in [0.15, 0.2) is 6.29 Å². The zero-order valence-corrected chi connectivity index (χ0v) is 14.8. The van der Waals surface area contributed by atoms with Crippen LogP contribution in [-0.2, 0) is 13.2 Å². The second-order valence-electron chi connectivity index (χ2n) is 6.00. The Labute approximate surface area is 158 Å². The molecule has 0 saturated heterocycles. The van der Waals surface area contributed by atoms with E-state index in [1.165, 1.54) is 0 Å². The molecule has 0 aromatic heterocycles. The molecule has 0 saturated carbocycles. The average Bonchev–Trinajstić information content (AvgIpc) is 2.72. The first-order valence-corrected chi connectivity index (χ1v) is 8.52. The van der Waals surface area contributed by atoms with Crippen molar-refractivity contribution in [1.29, 1.82) is 0 Å². The van der Waals surface area contributed by atoms with Crippen LogP contribution in [0.1, 0.15) is 27.0 Å². The summed E-state index contributed by atoms with van der Waals surface area (Å²) in [4.78, 5) is 11.5. The van der Waals surface area contributed by atoms with Gasteiger partial charge in [0, 0.05) is 0 Å². The number of rotatable bonds is 8. The molecule has 3 aromatic rings. The summed E-state index contributed by atoms with van der Waals surface area (Å²) in [6.07, 6.45) is 0.708. The molecule has 0 heterocycles. The second-order valence-corrected chi connectivity index (χ2v) is 6.00. The highest BCUT2D eigenvalue weighted by Gasteiger charge is 2.14. The van der Waals surface area contributed by atoms with Gasteiger partial charge in [-0.3, -0.25) is 4.79 Å². The van der Waals surface area contributed by atoms with E-state index >= 15 is 0 Å². The first-order chi connectivity index (χ1) is 13.2. The van der Waals surface area contributed by atoms with Crippen molar-refractivity contribution in [1.82, 2.24) is 0 Å². The van der Waals surface area contributed by atoms with Crippen LogP contribution in [0.25, 0.3) is 5.76 Å². The fourth-order valence-electron chi connectivity index (χ4n) is 2.61. The van der Waals surface area contributed by atoms with Crippen LogP contribution in [-0.4, -0.2) is 11.4 Å². The van der Waals surface area contributed by atoms with Crippen LogP contribution in [0.5, 0.6) is 11.5 Å². The molecule has 0 aliphatic carbocycles. The van der Waals surface area contributed by atoms with E-state index < -0.39 is 0 Å². The predicted molar refractivity (Wildman–Crippen MR) is 105 cm³/mol. The molecule has 3 aromatic carbocycles. The van der Waals surface area contributed by atoms with Crippen molar-refractivity contribution < 1.29 is 19.4 Å². The summed E-state index contributed by atoms with van der Waals surface area (Å²) in [7, 11) is 0. The number of hydrogen-bond acceptors (Lipinski definition) is 4. The zero-order valence-electron chi connectivity index (χ0n) is 14.8. The maximum atomic E-state index is 11.5. The van der Waals surface area contributed by atoms with Gasteiger partial charge >= 0.3 is 0 Å². The molecule has 1 N–H and O–H groups in total. The molecule has 0 atom stereocenters. The van der Waals surface area contributed by atoms with E-state index in [4.69, 9.17) is 9.47 Å². The van der Waals surface area contributed by atoms with Crippen LogP contribution < -0.4 is 9.47 Å². The summed E-state index contributed by atoms with van der Waals surface area (Å²) in [5.41, 5.74) is 2.69. The van der Waals surface area contributed by atoms with Crippen molar-refractivity contribution in [2.24, 2.45) is 0 Å². The predicted octanol–water partition coefficient (Wildman–Crippen LogP) is 5.19. The monoisotopic (exact) mass is 360 g/mol. The molecular formula is C23H20O4. The maximum Gasteiger partial charge on any atom is 0.153 e. The number of benzene rings is 3. The van der Waals surface area contributed by atoms with E-state index in [-0.39, 0.29) is 5.76 Å². The van der Waals surface area contributed by atoms with Crippen molar-refractivity contribution in [3.63, 3.8) is 0 Å². The molecule has 3 rings (SSSR count). The van der Waals surface area contributed by atoms with Gasteiger partial charge in [-0.2, -0.15) is 0 Å². The number of hydrogen-bond donors (Lipinski definition) is 1. The van der Waals surface area contributed by atoms with E-state index in [1.807, 2.05) is 60.7 Å². The SMILES string of the molecule is C=C(O)c1cc(OCc2ccccc2)c(C=O)cc1OCc1ccccc1. The fourth-order valence-corrected chi connectivity index (χ4v) is 2.61. The van der Waals surface area contributed by atoms with Crippen LogP contribution in [0.4, 0.5) is 0 Å². The van der Waals surface area contributed by atoms with Gasteiger partial charge in [-0.1, -0.05) is 67.2 Å². The van der Waals surface area contributed by atoms with E-state index in [0.29, 0.717) is 42.1 Å². The van der Waals surface area contributed by atoms with Crippen molar-refractivity contribution >= 4 is 12.0 Å². The third-order valence-corrected chi connectivity index (χ3v) is 4.02. The Morgan fingerprint density at radius 1 is 0.852 bits per heavy atom. The van der Waals surface area contributed by atoms with Gasteiger partial charge in [-0.05, 0) is 23.3 Å². The van der Waals surface area contributed by atoms with Gasteiger partial charge in [0.25, 0.3) is 0 Å². The number of aldehydes is 1. The fraction of sp³-hybridized carbons (Fsp3) is 0.0870. The Balaban J connectivity index is 1.83. The normalized spacial score (nSPS) is 10.2. The number of aliphatic hydroxyl groups is 1. The Morgan fingerprint density at radius 2 is 1.37 bits per heavy atom. The Hall–Kier alpha value is -3.53. The average molecular weight is 360 g/mol. The molecule has 0 bridgehead atoms. The van der Waals surface area contributed by atoms with Crippen molar-refractivity contribution in [3.8, 4) is 11.5 Å². The molecule has 0 radical (unpaired) electrons. The van der Waals surface area contributed by atoms with Gasteiger partial charge in [0.05, 0.1) is 11.1 Å². The zero-order chi connectivity index (χ0) is 19.1. The van der Waals surface area contributed by atoms with Crippen LogP contribution in [0.15, 0.2) is 79.4 Å². The standard InChI is InChI=1S/C23H20O4/c1-17(25)21-13-22(26-15-18-8-4-2-5-9-18)20(14-24)12-23(21)27-16-19-10-6-3-7-11-19/h2-14,25H,1,15-16H2. The topological polar surface area (TPSA) is 55.8 Å². The molecule has 0 aliphatic rings. The summed E-state index contributed by atoms with van der Waals surface area (Å²) in [5.74, 6) is 0.590. The number of aliphatic hydroxyl groups excluding tert-OH is 1. The van der Waals surface area contributed by atoms with Crippen LogP contribution in [0, 0.1) is 0 Å². The summed E-state index contributed by atoms with van der Waals surface area (Å²) < 4.78 is 11.6. The molecule has 4 nitrogen and oxygen atoms in total. The van der Waals surface area contributed by atoms with Crippen molar-refractivity contribution in [2.45, 2.75) is 13.2 Å². The third-order valence-electron chi connectivity index (χ3n) is 4.02. The summed E-state index contributed by atoms with van der Waals surface area (Å²) in [6.45, 7) is 4.21. The van der Waals surface area contributed by atoms with Gasteiger partial charge < -0.3 is 14.6 Å². The van der Waals surface area contributed by atoms with Crippen LogP contribution >= 0.6 is 0 Å². The quantitative estimate of drug-likeness (QED) is 0.444. The molecule has 0 spiro atoms. The van der Waals surface area contributed by atoms with Crippen LogP contribution in [0.3, 0.4) is 0 Å². The number of carbonyl (C=O) groups excluding carboxylic acids is 1. The Morgan fingerprint density at radius 3 is 1.85 bits per heavy atom. The van der Waals surface area contributed by atoms with Crippen LogP contribution in [0.2, 0.25) is 0 Å². The molecule has 0 amide bonds. The molecule has 27 heavy (non-hydrogen) atoms. The van der Waals surface area contributed by atoms with Crippen molar-refractivity contribution in [2.75, 3.05) is 0 Å². The highest BCUT2D eigenvalue weighted by Crippen LogP contribution is 2.32. The molecule has 0 fully saturated rings.